The minimum absolute atomic E-state index is 0.0741. The number of hydrogen-bond donors (Lipinski definition) is 0. The van der Waals surface area contributed by atoms with E-state index >= 15 is 0 Å². The van der Waals surface area contributed by atoms with Gasteiger partial charge in [-0.2, -0.15) is 0 Å². The van der Waals surface area contributed by atoms with Crippen LogP contribution in [-0.4, -0.2) is 30.6 Å². The fraction of sp³-hybridized carbons (Fsp3) is 0.368. The predicted octanol–water partition coefficient (Wildman–Crippen LogP) is 3.68. The van der Waals surface area contributed by atoms with Gasteiger partial charge in [0.15, 0.2) is 5.01 Å². The van der Waals surface area contributed by atoms with Crippen LogP contribution in [0.4, 0.5) is 0 Å². The van der Waals surface area contributed by atoms with Gasteiger partial charge in [0.05, 0.1) is 6.04 Å². The van der Waals surface area contributed by atoms with E-state index in [9.17, 15) is 4.79 Å². The topological polar surface area (TPSA) is 63.9 Å². The Morgan fingerprint density at radius 2 is 2.08 bits per heavy atom. The molecule has 0 saturated carbocycles. The standard InChI is InChI=1S/C19H21N5OS/c1-12(2)10-15(24-11-13-6-4-5-7-14(13)19(24)25)17-21-16(22-23(17)3)18-20-8-9-26-18/h4-9,12,15H,10-11H2,1-3H3/t15-/m1/s1. The van der Waals surface area contributed by atoms with Gasteiger partial charge < -0.3 is 4.90 Å². The predicted molar refractivity (Wildman–Crippen MR) is 101 cm³/mol. The molecule has 3 heterocycles. The molecule has 1 aliphatic rings. The van der Waals surface area contributed by atoms with Crippen molar-refractivity contribution in [1.82, 2.24) is 24.6 Å². The van der Waals surface area contributed by atoms with Crippen molar-refractivity contribution in [2.75, 3.05) is 0 Å². The fourth-order valence-electron chi connectivity index (χ4n) is 3.46. The van der Waals surface area contributed by atoms with Gasteiger partial charge in [-0.1, -0.05) is 32.0 Å². The Labute approximate surface area is 156 Å². The number of rotatable bonds is 5. The number of aryl methyl sites for hydroxylation is 1. The zero-order valence-corrected chi connectivity index (χ0v) is 15.9. The van der Waals surface area contributed by atoms with Crippen LogP contribution < -0.4 is 0 Å². The number of carbonyl (C=O) groups is 1. The Kier molecular flexibility index (Phi) is 4.32. The summed E-state index contributed by atoms with van der Waals surface area (Å²) in [7, 11) is 1.89. The molecule has 1 aliphatic heterocycles. The maximum atomic E-state index is 13.0. The summed E-state index contributed by atoms with van der Waals surface area (Å²) in [4.78, 5) is 24.0. The first-order valence-electron chi connectivity index (χ1n) is 8.74. The number of nitrogens with zero attached hydrogens (tertiary/aromatic N) is 5. The van der Waals surface area contributed by atoms with Crippen molar-refractivity contribution in [3.05, 3.63) is 52.8 Å². The third-order valence-electron chi connectivity index (χ3n) is 4.64. The summed E-state index contributed by atoms with van der Waals surface area (Å²) < 4.78 is 1.79. The first-order chi connectivity index (χ1) is 12.5. The lowest BCUT2D eigenvalue weighted by molar-refractivity contribution is 0.0665. The molecule has 0 aliphatic carbocycles. The second kappa shape index (κ2) is 6.64. The van der Waals surface area contributed by atoms with Crippen molar-refractivity contribution in [3.8, 4) is 10.8 Å². The summed E-state index contributed by atoms with van der Waals surface area (Å²) in [6.07, 6.45) is 2.59. The van der Waals surface area contributed by atoms with E-state index in [-0.39, 0.29) is 11.9 Å². The molecule has 4 rings (SSSR count). The number of benzene rings is 1. The van der Waals surface area contributed by atoms with E-state index in [2.05, 4.69) is 23.9 Å². The van der Waals surface area contributed by atoms with E-state index < -0.39 is 0 Å². The van der Waals surface area contributed by atoms with Crippen molar-refractivity contribution in [3.63, 3.8) is 0 Å². The average molecular weight is 367 g/mol. The molecule has 6 nitrogen and oxygen atoms in total. The number of hydrogen-bond acceptors (Lipinski definition) is 5. The summed E-state index contributed by atoms with van der Waals surface area (Å²) in [5, 5.41) is 7.25. The smallest absolute Gasteiger partial charge is 0.255 e. The van der Waals surface area contributed by atoms with E-state index in [1.54, 1.807) is 10.9 Å². The molecule has 26 heavy (non-hydrogen) atoms. The summed E-state index contributed by atoms with van der Waals surface area (Å²) in [5.74, 6) is 1.93. The second-order valence-corrected chi connectivity index (χ2v) is 7.88. The van der Waals surface area contributed by atoms with E-state index in [0.29, 0.717) is 18.3 Å². The van der Waals surface area contributed by atoms with E-state index in [0.717, 1.165) is 28.4 Å². The monoisotopic (exact) mass is 367 g/mol. The lowest BCUT2D eigenvalue weighted by Gasteiger charge is -2.28. The van der Waals surface area contributed by atoms with Gasteiger partial charge in [-0.05, 0) is 24.0 Å². The minimum Gasteiger partial charge on any atom is -0.324 e. The molecule has 1 aromatic carbocycles. The average Bonchev–Trinajstić information content (AvgIpc) is 3.33. The van der Waals surface area contributed by atoms with Crippen LogP contribution in [0.2, 0.25) is 0 Å². The van der Waals surface area contributed by atoms with Crippen LogP contribution in [0.5, 0.6) is 0 Å². The molecule has 7 heteroatoms. The Balaban J connectivity index is 1.72. The second-order valence-electron chi connectivity index (χ2n) is 6.99. The molecule has 1 atom stereocenters. The lowest BCUT2D eigenvalue weighted by Crippen LogP contribution is -2.32. The van der Waals surface area contributed by atoms with Gasteiger partial charge in [0.2, 0.25) is 5.82 Å². The van der Waals surface area contributed by atoms with Gasteiger partial charge in [-0.3, -0.25) is 9.48 Å². The molecule has 0 spiro atoms. The van der Waals surface area contributed by atoms with Gasteiger partial charge in [0, 0.05) is 30.7 Å². The van der Waals surface area contributed by atoms with E-state index in [1.807, 2.05) is 41.6 Å². The summed E-state index contributed by atoms with van der Waals surface area (Å²) >= 11 is 1.52. The normalized spacial score (nSPS) is 14.9. The molecule has 3 aromatic rings. The summed E-state index contributed by atoms with van der Waals surface area (Å²) in [6.45, 7) is 4.95. The van der Waals surface area contributed by atoms with Crippen LogP contribution in [-0.2, 0) is 13.6 Å². The van der Waals surface area contributed by atoms with Crippen molar-refractivity contribution >= 4 is 17.2 Å². The number of thiazole rings is 1. The zero-order valence-electron chi connectivity index (χ0n) is 15.1. The summed E-state index contributed by atoms with van der Waals surface area (Å²) in [5.41, 5.74) is 1.87. The highest BCUT2D eigenvalue weighted by Crippen LogP contribution is 2.35. The van der Waals surface area contributed by atoms with Crippen LogP contribution in [0.25, 0.3) is 10.8 Å². The minimum atomic E-state index is -0.110. The molecular weight excluding hydrogens is 346 g/mol. The largest absolute Gasteiger partial charge is 0.324 e. The molecule has 0 bridgehead atoms. The van der Waals surface area contributed by atoms with Crippen LogP contribution in [0.15, 0.2) is 35.8 Å². The van der Waals surface area contributed by atoms with Crippen LogP contribution >= 0.6 is 11.3 Å². The van der Waals surface area contributed by atoms with Crippen molar-refractivity contribution in [1.29, 1.82) is 0 Å². The van der Waals surface area contributed by atoms with Crippen LogP contribution in [0.1, 0.15) is 48.1 Å². The number of amides is 1. The molecule has 0 radical (unpaired) electrons. The maximum absolute atomic E-state index is 13.0. The van der Waals surface area contributed by atoms with Gasteiger partial charge in [-0.25, -0.2) is 9.97 Å². The van der Waals surface area contributed by atoms with Crippen LogP contribution in [0.3, 0.4) is 0 Å². The van der Waals surface area contributed by atoms with E-state index in [4.69, 9.17) is 4.98 Å². The SMILES string of the molecule is CC(C)C[C@H](c1nc(-c2nccs2)nn1C)N1Cc2ccccc2C1=O. The lowest BCUT2D eigenvalue weighted by atomic mass is 10.0. The quantitative estimate of drug-likeness (QED) is 0.690. The van der Waals surface area contributed by atoms with E-state index in [1.165, 1.54) is 11.3 Å². The van der Waals surface area contributed by atoms with Crippen molar-refractivity contribution in [2.45, 2.75) is 32.9 Å². The van der Waals surface area contributed by atoms with Gasteiger partial charge in [0.1, 0.15) is 5.82 Å². The Morgan fingerprint density at radius 1 is 1.27 bits per heavy atom. The first-order valence-corrected chi connectivity index (χ1v) is 9.62. The molecule has 134 valence electrons. The van der Waals surface area contributed by atoms with Crippen molar-refractivity contribution in [2.24, 2.45) is 13.0 Å². The molecule has 1 amide bonds. The third-order valence-corrected chi connectivity index (χ3v) is 5.41. The Bertz CT molecular complexity index is 931. The number of aromatic nitrogens is 4. The molecule has 2 aromatic heterocycles. The highest BCUT2D eigenvalue weighted by atomic mass is 32.1. The molecular formula is C19H21N5OS. The zero-order chi connectivity index (χ0) is 18.3. The van der Waals surface area contributed by atoms with Gasteiger partial charge >= 0.3 is 0 Å². The third kappa shape index (κ3) is 2.92. The molecule has 0 unspecified atom stereocenters. The van der Waals surface area contributed by atoms with Gasteiger partial charge in [-0.15, -0.1) is 16.4 Å². The molecule has 0 N–H and O–H groups in total. The van der Waals surface area contributed by atoms with Crippen LogP contribution in [0, 0.1) is 5.92 Å². The Morgan fingerprint density at radius 3 is 2.77 bits per heavy atom. The molecule has 0 saturated heterocycles. The number of fused-ring (bicyclic) bond motifs is 1. The molecule has 0 fully saturated rings. The van der Waals surface area contributed by atoms with Gasteiger partial charge in [0.25, 0.3) is 5.91 Å². The Hall–Kier alpha value is -2.54. The summed E-state index contributed by atoms with van der Waals surface area (Å²) in [6, 6.07) is 7.72. The number of carbonyl (C=O) groups excluding carboxylic acids is 1. The highest BCUT2D eigenvalue weighted by molar-refractivity contribution is 7.12. The fourth-order valence-corrected chi connectivity index (χ4v) is 4.02. The van der Waals surface area contributed by atoms with Crippen molar-refractivity contribution < 1.29 is 4.79 Å². The first kappa shape index (κ1) is 16.9. The maximum Gasteiger partial charge on any atom is 0.255 e. The highest BCUT2D eigenvalue weighted by Gasteiger charge is 2.36.